The molecule has 6 nitrogen and oxygen atoms in total. The molecule has 0 aliphatic carbocycles. The molecule has 0 amide bonds. The van der Waals surface area contributed by atoms with Gasteiger partial charge in [-0.25, -0.2) is 4.79 Å². The van der Waals surface area contributed by atoms with Gasteiger partial charge in [-0.15, -0.1) is 0 Å². The summed E-state index contributed by atoms with van der Waals surface area (Å²) in [5.74, 6) is -1.56. The molecule has 0 fully saturated rings. The molecular formula is C13H12F3N3O3. The second kappa shape index (κ2) is 6.14. The lowest BCUT2D eigenvalue weighted by atomic mass is 10.00. The number of nitrogens with zero attached hydrogens (tertiary/aromatic N) is 2. The van der Waals surface area contributed by atoms with E-state index in [0.29, 0.717) is 0 Å². The van der Waals surface area contributed by atoms with Crippen molar-refractivity contribution in [1.29, 1.82) is 0 Å². The number of esters is 1. The molecule has 0 bridgehead atoms. The van der Waals surface area contributed by atoms with Crippen molar-refractivity contribution in [2.75, 3.05) is 6.61 Å². The number of benzene rings is 1. The first-order valence-electron chi connectivity index (χ1n) is 6.27. The highest BCUT2D eigenvalue weighted by molar-refractivity contribution is 5.83. The first-order valence-corrected chi connectivity index (χ1v) is 6.27. The second-order valence-electron chi connectivity index (χ2n) is 4.24. The topological polar surface area (TPSA) is 91.2 Å². The van der Waals surface area contributed by atoms with E-state index in [1.54, 1.807) is 6.92 Å². The van der Waals surface area contributed by atoms with Gasteiger partial charge in [0.1, 0.15) is 0 Å². The van der Waals surface area contributed by atoms with E-state index in [9.17, 15) is 18.0 Å². The first kappa shape index (κ1) is 16.0. The minimum Gasteiger partial charge on any atom is -0.459 e. The van der Waals surface area contributed by atoms with Gasteiger partial charge in [0.05, 0.1) is 18.2 Å². The van der Waals surface area contributed by atoms with Gasteiger partial charge in [-0.05, 0) is 18.6 Å². The van der Waals surface area contributed by atoms with Crippen LogP contribution in [-0.2, 0) is 10.9 Å². The number of ether oxygens (including phenoxy) is 1. The largest absolute Gasteiger partial charge is 0.459 e. The summed E-state index contributed by atoms with van der Waals surface area (Å²) in [7, 11) is 0. The molecule has 1 atom stereocenters. The van der Waals surface area contributed by atoms with Crippen molar-refractivity contribution >= 4 is 5.97 Å². The lowest BCUT2D eigenvalue weighted by Crippen LogP contribution is -2.19. The molecule has 2 aromatic rings. The SMILES string of the molecule is CCOC(=O)c1nc(C(N)c2ccccc2C(F)(F)F)no1. The number of nitrogens with two attached hydrogens (primary N) is 1. The molecule has 22 heavy (non-hydrogen) atoms. The number of carbonyl (C=O) groups is 1. The zero-order chi connectivity index (χ0) is 16.3. The summed E-state index contributed by atoms with van der Waals surface area (Å²) in [6.45, 7) is 1.68. The number of aromatic nitrogens is 2. The van der Waals surface area contributed by atoms with E-state index in [2.05, 4.69) is 19.4 Å². The molecule has 1 aromatic heterocycles. The second-order valence-corrected chi connectivity index (χ2v) is 4.24. The van der Waals surface area contributed by atoms with Crippen LogP contribution in [0.2, 0.25) is 0 Å². The van der Waals surface area contributed by atoms with Gasteiger partial charge in [-0.1, -0.05) is 23.4 Å². The summed E-state index contributed by atoms with van der Waals surface area (Å²) < 4.78 is 48.2. The van der Waals surface area contributed by atoms with Crippen LogP contribution in [-0.4, -0.2) is 22.7 Å². The molecular weight excluding hydrogens is 303 g/mol. The van der Waals surface area contributed by atoms with E-state index < -0.39 is 29.6 Å². The molecule has 0 spiro atoms. The van der Waals surface area contributed by atoms with Crippen molar-refractivity contribution in [3.8, 4) is 0 Å². The summed E-state index contributed by atoms with van der Waals surface area (Å²) in [5, 5.41) is 3.44. The molecule has 2 rings (SSSR count). The number of hydrogen-bond donors (Lipinski definition) is 1. The van der Waals surface area contributed by atoms with E-state index in [1.807, 2.05) is 0 Å². The minimum atomic E-state index is -4.57. The van der Waals surface area contributed by atoms with Crippen LogP contribution in [0.1, 0.15) is 40.6 Å². The molecule has 1 unspecified atom stereocenters. The van der Waals surface area contributed by atoms with Gasteiger partial charge in [0.2, 0.25) is 0 Å². The first-order chi connectivity index (χ1) is 10.3. The maximum absolute atomic E-state index is 13.0. The molecule has 9 heteroatoms. The van der Waals surface area contributed by atoms with Gasteiger partial charge >= 0.3 is 18.0 Å². The fourth-order valence-electron chi connectivity index (χ4n) is 1.80. The Labute approximate surface area is 123 Å². The monoisotopic (exact) mass is 315 g/mol. The summed E-state index contributed by atoms with van der Waals surface area (Å²) in [4.78, 5) is 15.1. The van der Waals surface area contributed by atoms with E-state index in [1.165, 1.54) is 18.2 Å². The Morgan fingerprint density at radius 1 is 1.41 bits per heavy atom. The molecule has 2 N–H and O–H groups in total. The van der Waals surface area contributed by atoms with Crippen LogP contribution in [0.4, 0.5) is 13.2 Å². The summed E-state index contributed by atoms with van der Waals surface area (Å²) in [6.07, 6.45) is -4.57. The van der Waals surface area contributed by atoms with E-state index in [0.717, 1.165) is 6.07 Å². The van der Waals surface area contributed by atoms with Gasteiger partial charge in [-0.2, -0.15) is 18.2 Å². The minimum absolute atomic E-state index is 0.0967. The fraction of sp³-hybridized carbons (Fsp3) is 0.308. The molecule has 118 valence electrons. The summed E-state index contributed by atoms with van der Waals surface area (Å²) in [5.41, 5.74) is 4.65. The Morgan fingerprint density at radius 2 is 2.09 bits per heavy atom. The molecule has 1 aromatic carbocycles. The van der Waals surface area contributed by atoms with Crippen molar-refractivity contribution in [2.45, 2.75) is 19.1 Å². The predicted molar refractivity (Wildman–Crippen MR) is 67.7 cm³/mol. The maximum atomic E-state index is 13.0. The van der Waals surface area contributed by atoms with Gasteiger partial charge < -0.3 is 15.0 Å². The highest BCUT2D eigenvalue weighted by atomic mass is 19.4. The molecule has 0 saturated carbocycles. The highest BCUT2D eigenvalue weighted by Gasteiger charge is 2.35. The van der Waals surface area contributed by atoms with Crippen LogP contribution >= 0.6 is 0 Å². The van der Waals surface area contributed by atoms with Crippen LogP contribution in [0, 0.1) is 0 Å². The van der Waals surface area contributed by atoms with Crippen LogP contribution in [0.15, 0.2) is 28.8 Å². The van der Waals surface area contributed by atoms with E-state index >= 15 is 0 Å². The Balaban J connectivity index is 2.33. The van der Waals surface area contributed by atoms with E-state index in [-0.39, 0.29) is 18.0 Å². The highest BCUT2D eigenvalue weighted by Crippen LogP contribution is 2.35. The lowest BCUT2D eigenvalue weighted by Gasteiger charge is -2.15. The van der Waals surface area contributed by atoms with Crippen LogP contribution in [0.3, 0.4) is 0 Å². The zero-order valence-electron chi connectivity index (χ0n) is 11.4. The Hall–Kier alpha value is -2.42. The quantitative estimate of drug-likeness (QED) is 0.871. The van der Waals surface area contributed by atoms with Crippen molar-refractivity contribution in [1.82, 2.24) is 10.1 Å². The third-order valence-electron chi connectivity index (χ3n) is 2.77. The van der Waals surface area contributed by atoms with Crippen molar-refractivity contribution in [3.05, 3.63) is 47.1 Å². The number of halogens is 3. The molecule has 1 heterocycles. The van der Waals surface area contributed by atoms with Crippen LogP contribution in [0.5, 0.6) is 0 Å². The Bertz CT molecular complexity index is 670. The smallest absolute Gasteiger partial charge is 0.416 e. The predicted octanol–water partition coefficient (Wildman–Crippen LogP) is 2.31. The van der Waals surface area contributed by atoms with Crippen LogP contribution in [0.25, 0.3) is 0 Å². The standard InChI is InChI=1S/C13H12F3N3O3/c1-2-21-12(20)11-18-10(19-22-11)9(17)7-5-3-4-6-8(7)13(14,15)16/h3-6,9H,2,17H2,1H3. The van der Waals surface area contributed by atoms with Gasteiger partial charge in [0.15, 0.2) is 5.82 Å². The normalized spacial score (nSPS) is 13.0. The third kappa shape index (κ3) is 3.25. The van der Waals surface area contributed by atoms with Crippen molar-refractivity contribution in [3.63, 3.8) is 0 Å². The maximum Gasteiger partial charge on any atom is 0.416 e. The zero-order valence-corrected chi connectivity index (χ0v) is 11.4. The molecule has 0 aliphatic heterocycles. The molecule has 0 aliphatic rings. The van der Waals surface area contributed by atoms with Gasteiger partial charge in [0, 0.05) is 0 Å². The number of hydrogen-bond acceptors (Lipinski definition) is 6. The lowest BCUT2D eigenvalue weighted by molar-refractivity contribution is -0.138. The number of carbonyl (C=O) groups excluding carboxylic acids is 1. The molecule has 0 radical (unpaired) electrons. The average Bonchev–Trinajstić information content (AvgIpc) is 2.96. The number of rotatable bonds is 4. The van der Waals surface area contributed by atoms with Crippen molar-refractivity contribution in [2.24, 2.45) is 5.73 Å². The Morgan fingerprint density at radius 3 is 2.73 bits per heavy atom. The van der Waals surface area contributed by atoms with Crippen molar-refractivity contribution < 1.29 is 27.2 Å². The summed E-state index contributed by atoms with van der Waals surface area (Å²) in [6, 6.07) is 3.50. The number of alkyl halides is 3. The van der Waals surface area contributed by atoms with E-state index in [4.69, 9.17) is 5.73 Å². The van der Waals surface area contributed by atoms with Gasteiger partial charge in [-0.3, -0.25) is 0 Å². The third-order valence-corrected chi connectivity index (χ3v) is 2.77. The Kier molecular flexibility index (Phi) is 4.45. The average molecular weight is 315 g/mol. The fourth-order valence-corrected chi connectivity index (χ4v) is 1.80. The summed E-state index contributed by atoms with van der Waals surface area (Å²) >= 11 is 0. The molecule has 0 saturated heterocycles. The van der Waals surface area contributed by atoms with Gasteiger partial charge in [0.25, 0.3) is 0 Å². The van der Waals surface area contributed by atoms with Crippen LogP contribution < -0.4 is 5.73 Å².